The van der Waals surface area contributed by atoms with Gasteiger partial charge in [-0.1, -0.05) is 13.8 Å². The Hall–Kier alpha value is -2.19. The van der Waals surface area contributed by atoms with Crippen LogP contribution in [0.15, 0.2) is 23.0 Å². The monoisotopic (exact) mass is 474 g/mol. The zero-order valence-electron chi connectivity index (χ0n) is 20.1. The van der Waals surface area contributed by atoms with Crippen LogP contribution in [0, 0.1) is 28.6 Å². The van der Waals surface area contributed by atoms with Crippen LogP contribution in [0.2, 0.25) is 0 Å². The molecular weight excluding hydrogens is 440 g/mol. The molecular formula is C26H34O8. The van der Waals surface area contributed by atoms with Gasteiger partial charge in [-0.25, -0.2) is 0 Å². The smallest absolute Gasteiger partial charge is 0.310 e. The van der Waals surface area contributed by atoms with Crippen molar-refractivity contribution in [2.24, 2.45) is 28.6 Å². The van der Waals surface area contributed by atoms with Crippen LogP contribution in [0.25, 0.3) is 0 Å². The second-order valence-corrected chi connectivity index (χ2v) is 10.9. The zero-order valence-corrected chi connectivity index (χ0v) is 20.1. The second kappa shape index (κ2) is 8.79. The van der Waals surface area contributed by atoms with E-state index in [1.54, 1.807) is 18.6 Å². The maximum Gasteiger partial charge on any atom is 0.310 e. The van der Waals surface area contributed by atoms with Crippen molar-refractivity contribution in [1.82, 2.24) is 0 Å². The normalized spacial score (nSPS) is 42.3. The van der Waals surface area contributed by atoms with Gasteiger partial charge in [0.05, 0.1) is 31.5 Å². The summed E-state index contributed by atoms with van der Waals surface area (Å²) in [5, 5.41) is 0. The quantitative estimate of drug-likeness (QED) is 0.477. The van der Waals surface area contributed by atoms with E-state index in [9.17, 15) is 14.4 Å². The molecule has 0 aromatic carbocycles. The van der Waals surface area contributed by atoms with Gasteiger partial charge in [0.25, 0.3) is 0 Å². The molecule has 34 heavy (non-hydrogen) atoms. The summed E-state index contributed by atoms with van der Waals surface area (Å²) in [4.78, 5) is 40.4. The third kappa shape index (κ3) is 3.70. The standard InChI is InChI=1S/C26H34O8/c1-25-9-7-16-24(29)34-19(15-8-11-31-14-15)13-26(16,2)22(25)21(27)18(12-17(25)23(28)30-3)33-20-6-4-5-10-32-20/h8,11,14,16-20,22H,4-7,9-10,12-13H2,1-3H3/t16-,17-,18-,19-,20+,22-,25-,26-/m0/s1. The first-order chi connectivity index (χ1) is 16.3. The van der Waals surface area contributed by atoms with Crippen LogP contribution in [-0.4, -0.2) is 43.8 Å². The Bertz CT molecular complexity index is 935. The number of hydrogen-bond donors (Lipinski definition) is 0. The van der Waals surface area contributed by atoms with Gasteiger partial charge in [-0.2, -0.15) is 0 Å². The van der Waals surface area contributed by atoms with Gasteiger partial charge in [0.15, 0.2) is 12.1 Å². The van der Waals surface area contributed by atoms with Gasteiger partial charge in [-0.15, -0.1) is 0 Å². The van der Waals surface area contributed by atoms with E-state index >= 15 is 0 Å². The van der Waals surface area contributed by atoms with E-state index in [2.05, 4.69) is 0 Å². The van der Waals surface area contributed by atoms with E-state index < -0.39 is 47.1 Å². The molecule has 3 heterocycles. The van der Waals surface area contributed by atoms with Crippen molar-refractivity contribution in [2.45, 2.75) is 77.3 Å². The maximum atomic E-state index is 14.2. The van der Waals surface area contributed by atoms with Crippen molar-refractivity contribution < 1.29 is 37.7 Å². The summed E-state index contributed by atoms with van der Waals surface area (Å²) >= 11 is 0. The molecule has 2 saturated carbocycles. The lowest BCUT2D eigenvalue weighted by Gasteiger charge is -2.61. The average Bonchev–Trinajstić information content (AvgIpc) is 3.35. The van der Waals surface area contributed by atoms with Crippen LogP contribution >= 0.6 is 0 Å². The van der Waals surface area contributed by atoms with E-state index in [0.717, 1.165) is 24.8 Å². The van der Waals surface area contributed by atoms with E-state index in [1.165, 1.54) is 7.11 Å². The van der Waals surface area contributed by atoms with E-state index in [4.69, 9.17) is 23.4 Å². The number of methoxy groups -OCH3 is 1. The number of ketones is 1. The molecule has 8 nitrogen and oxygen atoms in total. The summed E-state index contributed by atoms with van der Waals surface area (Å²) < 4.78 is 28.2. The fourth-order valence-corrected chi connectivity index (χ4v) is 7.28. The number of fused-ring (bicyclic) bond motifs is 3. The Balaban J connectivity index is 1.53. The summed E-state index contributed by atoms with van der Waals surface area (Å²) in [5.74, 6) is -2.12. The number of hydrogen-bond acceptors (Lipinski definition) is 8. The van der Waals surface area contributed by atoms with Crippen LogP contribution in [0.1, 0.15) is 70.5 Å². The largest absolute Gasteiger partial charge is 0.472 e. The lowest BCUT2D eigenvalue weighted by Crippen LogP contribution is -2.65. The maximum absolute atomic E-state index is 14.2. The number of Topliss-reactive ketones (excluding diaryl/α,β-unsaturated/α-hetero) is 1. The summed E-state index contributed by atoms with van der Waals surface area (Å²) in [6, 6.07) is 1.79. The van der Waals surface area contributed by atoms with Crippen molar-refractivity contribution >= 4 is 17.7 Å². The van der Waals surface area contributed by atoms with Crippen molar-refractivity contribution in [1.29, 1.82) is 0 Å². The first-order valence-electron chi connectivity index (χ1n) is 12.4. The molecule has 4 aliphatic rings. The topological polar surface area (TPSA) is 101 Å². The highest BCUT2D eigenvalue weighted by Gasteiger charge is 2.67. The number of ether oxygens (including phenoxy) is 4. The Morgan fingerprint density at radius 1 is 1.15 bits per heavy atom. The molecule has 0 N–H and O–H groups in total. The highest BCUT2D eigenvalue weighted by atomic mass is 16.7. The lowest BCUT2D eigenvalue weighted by molar-refractivity contribution is -0.229. The predicted octanol–water partition coefficient (Wildman–Crippen LogP) is 3.98. The summed E-state index contributed by atoms with van der Waals surface area (Å²) in [5.41, 5.74) is -0.554. The number of carbonyl (C=O) groups excluding carboxylic acids is 3. The minimum atomic E-state index is -0.772. The zero-order chi connectivity index (χ0) is 24.1. The van der Waals surface area contributed by atoms with Crippen LogP contribution in [0.5, 0.6) is 0 Å². The third-order valence-corrected chi connectivity index (χ3v) is 8.96. The van der Waals surface area contributed by atoms with E-state index in [1.807, 2.05) is 13.8 Å². The number of esters is 2. The number of furan rings is 1. The molecule has 1 aromatic rings. The molecule has 0 bridgehead atoms. The Morgan fingerprint density at radius 2 is 1.97 bits per heavy atom. The predicted molar refractivity (Wildman–Crippen MR) is 118 cm³/mol. The summed E-state index contributed by atoms with van der Waals surface area (Å²) in [7, 11) is 1.39. The molecule has 186 valence electrons. The van der Waals surface area contributed by atoms with Gasteiger partial charge in [0, 0.05) is 18.1 Å². The van der Waals surface area contributed by atoms with Gasteiger partial charge in [0.1, 0.15) is 12.2 Å². The molecule has 0 radical (unpaired) electrons. The molecule has 0 unspecified atom stereocenters. The molecule has 0 amide bonds. The van der Waals surface area contributed by atoms with Gasteiger partial charge >= 0.3 is 11.9 Å². The molecule has 2 aliphatic heterocycles. The van der Waals surface area contributed by atoms with Gasteiger partial charge in [0.2, 0.25) is 0 Å². The summed E-state index contributed by atoms with van der Waals surface area (Å²) in [6.07, 6.45) is 5.98. The highest BCUT2D eigenvalue weighted by Crippen LogP contribution is 2.65. The van der Waals surface area contributed by atoms with E-state index in [0.29, 0.717) is 25.9 Å². The number of cyclic esters (lactones) is 1. The molecule has 8 heteroatoms. The Kier molecular flexibility index (Phi) is 6.09. The van der Waals surface area contributed by atoms with Crippen molar-refractivity contribution in [2.75, 3.05) is 13.7 Å². The van der Waals surface area contributed by atoms with Crippen LogP contribution < -0.4 is 0 Å². The van der Waals surface area contributed by atoms with Gasteiger partial charge in [-0.05, 0) is 61.8 Å². The first-order valence-corrected chi connectivity index (χ1v) is 12.4. The fraction of sp³-hybridized carbons (Fsp3) is 0.731. The highest BCUT2D eigenvalue weighted by molar-refractivity contribution is 5.92. The number of rotatable bonds is 4. The molecule has 4 fully saturated rings. The fourth-order valence-electron chi connectivity index (χ4n) is 7.28. The minimum Gasteiger partial charge on any atom is -0.472 e. The average molecular weight is 475 g/mol. The summed E-state index contributed by atoms with van der Waals surface area (Å²) in [6.45, 7) is 4.63. The Labute approximate surface area is 199 Å². The second-order valence-electron chi connectivity index (χ2n) is 10.9. The van der Waals surface area contributed by atoms with Gasteiger partial charge in [-0.3, -0.25) is 14.4 Å². The van der Waals surface area contributed by atoms with E-state index in [-0.39, 0.29) is 24.1 Å². The molecule has 8 atom stereocenters. The van der Waals surface area contributed by atoms with Crippen molar-refractivity contribution in [3.8, 4) is 0 Å². The Morgan fingerprint density at radius 3 is 2.65 bits per heavy atom. The van der Waals surface area contributed by atoms with Crippen molar-refractivity contribution in [3.63, 3.8) is 0 Å². The molecule has 2 saturated heterocycles. The molecule has 2 aliphatic carbocycles. The molecule has 1 aromatic heterocycles. The molecule has 0 spiro atoms. The van der Waals surface area contributed by atoms with Crippen LogP contribution in [0.4, 0.5) is 0 Å². The SMILES string of the molecule is COC(=O)[C@@H]1C[C@H](O[C@@H]2CCCCO2)C(=O)[C@H]2[C@@]1(C)CC[C@H]1C(=O)O[C@H](c3ccoc3)C[C@]21C. The molecule has 5 rings (SSSR count). The first kappa shape index (κ1) is 23.5. The van der Waals surface area contributed by atoms with Gasteiger partial charge < -0.3 is 23.4 Å². The third-order valence-electron chi connectivity index (χ3n) is 8.96. The van der Waals surface area contributed by atoms with Crippen LogP contribution in [0.3, 0.4) is 0 Å². The minimum absolute atomic E-state index is 0.0373. The lowest BCUT2D eigenvalue weighted by atomic mass is 9.43. The number of carbonyl (C=O) groups is 3. The van der Waals surface area contributed by atoms with Crippen LogP contribution in [-0.2, 0) is 33.3 Å². The van der Waals surface area contributed by atoms with Crippen molar-refractivity contribution in [3.05, 3.63) is 24.2 Å².